The topological polar surface area (TPSA) is 26.3 Å². The molecule has 1 aliphatic heterocycles. The maximum Gasteiger partial charge on any atom is 0.320 e. The van der Waals surface area contributed by atoms with Gasteiger partial charge in [-0.1, -0.05) is 11.6 Å². The summed E-state index contributed by atoms with van der Waals surface area (Å²) in [4.78, 5) is 10.9. The molecular weight excluding hydrogens is 116 g/mol. The van der Waals surface area contributed by atoms with Gasteiger partial charge in [0.25, 0.3) is 0 Å². The van der Waals surface area contributed by atoms with Crippen LogP contribution in [0.4, 0.5) is 0 Å². The van der Waals surface area contributed by atoms with Crippen molar-refractivity contribution in [2.75, 3.05) is 6.61 Å². The molecule has 1 heterocycles. The van der Waals surface area contributed by atoms with Crippen molar-refractivity contribution in [2.45, 2.75) is 13.3 Å². The fourth-order valence-electron chi connectivity index (χ4n) is 1.36. The Morgan fingerprint density at radius 2 is 2.44 bits per heavy atom. The minimum Gasteiger partial charge on any atom is -0.465 e. The molecule has 48 valence electrons. The monoisotopic (exact) mass is 124 g/mol. The van der Waals surface area contributed by atoms with E-state index in [-0.39, 0.29) is 11.4 Å². The summed E-state index contributed by atoms with van der Waals surface area (Å²) < 4.78 is 4.81. The second-order valence-corrected chi connectivity index (χ2v) is 2.68. The third-order valence-electron chi connectivity index (χ3n) is 2.18. The van der Waals surface area contributed by atoms with Gasteiger partial charge in [0.15, 0.2) is 0 Å². The van der Waals surface area contributed by atoms with E-state index in [0.29, 0.717) is 6.61 Å². The molecule has 1 aliphatic carbocycles. The van der Waals surface area contributed by atoms with Gasteiger partial charge >= 0.3 is 5.97 Å². The van der Waals surface area contributed by atoms with Crippen molar-refractivity contribution in [3.05, 3.63) is 11.6 Å². The van der Waals surface area contributed by atoms with Gasteiger partial charge in [-0.25, -0.2) is 0 Å². The number of hydrogen-bond donors (Lipinski definition) is 0. The highest BCUT2D eigenvalue weighted by Gasteiger charge is 2.52. The lowest BCUT2D eigenvalue weighted by atomic mass is 10.00. The summed E-state index contributed by atoms with van der Waals surface area (Å²) in [5.74, 6) is -0.0417. The smallest absolute Gasteiger partial charge is 0.320 e. The number of esters is 1. The van der Waals surface area contributed by atoms with Crippen LogP contribution in [0.2, 0.25) is 0 Å². The van der Waals surface area contributed by atoms with Gasteiger partial charge in [-0.2, -0.15) is 0 Å². The van der Waals surface area contributed by atoms with Crippen LogP contribution < -0.4 is 0 Å². The third-order valence-corrected chi connectivity index (χ3v) is 2.18. The Hall–Kier alpha value is -0.790. The summed E-state index contributed by atoms with van der Waals surface area (Å²) in [6.45, 7) is 2.58. The Morgan fingerprint density at radius 3 is 2.67 bits per heavy atom. The second kappa shape index (κ2) is 1.20. The van der Waals surface area contributed by atoms with Crippen molar-refractivity contribution in [3.8, 4) is 0 Å². The number of carbonyl (C=O) groups is 1. The zero-order valence-corrected chi connectivity index (χ0v) is 5.31. The predicted molar refractivity (Wildman–Crippen MR) is 31.8 cm³/mol. The van der Waals surface area contributed by atoms with Crippen LogP contribution in [-0.4, -0.2) is 12.6 Å². The van der Waals surface area contributed by atoms with Gasteiger partial charge in [-0.15, -0.1) is 0 Å². The van der Waals surface area contributed by atoms with Gasteiger partial charge in [0.05, 0.1) is 6.61 Å². The van der Waals surface area contributed by atoms with E-state index in [1.54, 1.807) is 0 Å². The third kappa shape index (κ3) is 0.435. The Labute approximate surface area is 53.5 Å². The van der Waals surface area contributed by atoms with E-state index in [4.69, 9.17) is 4.74 Å². The van der Waals surface area contributed by atoms with Crippen LogP contribution in [0.15, 0.2) is 11.6 Å². The lowest BCUT2D eigenvalue weighted by Gasteiger charge is -1.99. The molecule has 0 aromatic rings. The fraction of sp³-hybridized carbons (Fsp3) is 0.571. The minimum absolute atomic E-state index is 0.0417. The Kier molecular flexibility index (Phi) is 0.672. The van der Waals surface area contributed by atoms with Crippen molar-refractivity contribution >= 4 is 5.97 Å². The van der Waals surface area contributed by atoms with Crippen LogP contribution in [0.5, 0.6) is 0 Å². The number of cyclic esters (lactones) is 1. The molecule has 0 bridgehead atoms. The molecule has 9 heavy (non-hydrogen) atoms. The lowest BCUT2D eigenvalue weighted by molar-refractivity contribution is -0.141. The number of ether oxygens (including phenoxy) is 1. The minimum atomic E-state index is -0.208. The predicted octanol–water partition coefficient (Wildman–Crippen LogP) is 0.880. The summed E-state index contributed by atoms with van der Waals surface area (Å²) >= 11 is 0. The number of hydrogen-bond acceptors (Lipinski definition) is 2. The molecule has 0 saturated carbocycles. The van der Waals surface area contributed by atoms with E-state index in [0.717, 1.165) is 6.42 Å². The van der Waals surface area contributed by atoms with Gasteiger partial charge in [0.1, 0.15) is 5.41 Å². The highest BCUT2D eigenvalue weighted by atomic mass is 16.5. The zero-order valence-electron chi connectivity index (χ0n) is 5.31. The summed E-state index contributed by atoms with van der Waals surface area (Å²) in [7, 11) is 0. The van der Waals surface area contributed by atoms with Crippen molar-refractivity contribution < 1.29 is 9.53 Å². The van der Waals surface area contributed by atoms with Crippen molar-refractivity contribution in [1.82, 2.24) is 0 Å². The average molecular weight is 124 g/mol. The van der Waals surface area contributed by atoms with Gasteiger partial charge in [0.2, 0.25) is 0 Å². The molecule has 0 aromatic carbocycles. The van der Waals surface area contributed by atoms with Gasteiger partial charge in [-0.3, -0.25) is 4.79 Å². The first kappa shape index (κ1) is 5.03. The average Bonchev–Trinajstić information content (AvgIpc) is 2.29. The molecule has 0 radical (unpaired) electrons. The van der Waals surface area contributed by atoms with Crippen LogP contribution in [0.3, 0.4) is 0 Å². The molecule has 2 rings (SSSR count). The van der Waals surface area contributed by atoms with Crippen LogP contribution in [-0.2, 0) is 9.53 Å². The van der Waals surface area contributed by atoms with Crippen molar-refractivity contribution in [2.24, 2.45) is 5.41 Å². The normalized spacial score (nSPS) is 38.8. The van der Waals surface area contributed by atoms with Crippen LogP contribution in [0.1, 0.15) is 13.3 Å². The Bertz CT molecular complexity index is 205. The summed E-state index contributed by atoms with van der Waals surface area (Å²) in [5.41, 5.74) is 0.977. The maximum absolute atomic E-state index is 10.9. The Morgan fingerprint density at radius 1 is 1.78 bits per heavy atom. The standard InChI is InChI=1S/C7H8O2/c1-5-4-7(5)2-3-9-6(7)8/h4H,2-3H2,1H3. The van der Waals surface area contributed by atoms with Crippen LogP contribution >= 0.6 is 0 Å². The second-order valence-electron chi connectivity index (χ2n) is 2.68. The molecule has 2 aliphatic rings. The Balaban J connectivity index is 2.24. The summed E-state index contributed by atoms with van der Waals surface area (Å²) in [6.07, 6.45) is 2.86. The van der Waals surface area contributed by atoms with E-state index in [9.17, 15) is 4.79 Å². The van der Waals surface area contributed by atoms with Gasteiger partial charge < -0.3 is 4.74 Å². The maximum atomic E-state index is 10.9. The summed E-state index contributed by atoms with van der Waals surface area (Å²) in [6, 6.07) is 0. The number of carbonyl (C=O) groups excluding carboxylic acids is 1. The molecule has 0 N–H and O–H groups in total. The fourth-order valence-corrected chi connectivity index (χ4v) is 1.36. The highest BCUT2D eigenvalue weighted by Crippen LogP contribution is 2.50. The van der Waals surface area contributed by atoms with E-state index in [1.165, 1.54) is 5.57 Å². The molecule has 1 unspecified atom stereocenters. The summed E-state index contributed by atoms with van der Waals surface area (Å²) in [5, 5.41) is 0. The molecule has 0 aromatic heterocycles. The van der Waals surface area contributed by atoms with E-state index in [2.05, 4.69) is 0 Å². The first-order chi connectivity index (χ1) is 4.26. The lowest BCUT2D eigenvalue weighted by Crippen LogP contribution is -2.11. The molecular formula is C7H8O2. The largest absolute Gasteiger partial charge is 0.465 e. The van der Waals surface area contributed by atoms with E-state index >= 15 is 0 Å². The van der Waals surface area contributed by atoms with Gasteiger partial charge in [0, 0.05) is 6.42 Å². The first-order valence-electron chi connectivity index (χ1n) is 3.13. The molecule has 1 fully saturated rings. The molecule has 1 atom stereocenters. The molecule has 0 amide bonds. The van der Waals surface area contributed by atoms with Crippen molar-refractivity contribution in [3.63, 3.8) is 0 Å². The zero-order chi connectivity index (χ0) is 6.48. The number of rotatable bonds is 0. The quantitative estimate of drug-likeness (QED) is 0.354. The molecule has 2 nitrogen and oxygen atoms in total. The molecule has 1 spiro atoms. The highest BCUT2D eigenvalue weighted by molar-refractivity contribution is 5.90. The van der Waals surface area contributed by atoms with Crippen molar-refractivity contribution in [1.29, 1.82) is 0 Å². The van der Waals surface area contributed by atoms with Crippen LogP contribution in [0, 0.1) is 5.41 Å². The van der Waals surface area contributed by atoms with E-state index < -0.39 is 0 Å². The first-order valence-corrected chi connectivity index (χ1v) is 3.13. The van der Waals surface area contributed by atoms with E-state index in [1.807, 2.05) is 13.0 Å². The SMILES string of the molecule is CC1=CC12CCOC2=O. The van der Waals surface area contributed by atoms with Gasteiger partial charge in [-0.05, 0) is 6.92 Å². The van der Waals surface area contributed by atoms with Crippen LogP contribution in [0.25, 0.3) is 0 Å². The molecule has 1 saturated heterocycles. The molecule has 2 heteroatoms.